The standard InChI is InChI=1S/C15H24N2/c1-12(10-16)8-13-4-3-5-14(9-13)15-6-7-17(2)11-15/h3-5,9,12,15H,6-8,10-11,16H2,1-2H3. The lowest BCUT2D eigenvalue weighted by Gasteiger charge is -2.14. The van der Waals surface area contributed by atoms with Crippen LogP contribution in [0.25, 0.3) is 0 Å². The number of rotatable bonds is 4. The highest BCUT2D eigenvalue weighted by Crippen LogP contribution is 2.27. The molecule has 0 radical (unpaired) electrons. The molecule has 2 atom stereocenters. The minimum Gasteiger partial charge on any atom is -0.330 e. The highest BCUT2D eigenvalue weighted by atomic mass is 15.1. The molecule has 0 aromatic heterocycles. The van der Waals surface area contributed by atoms with Gasteiger partial charge in [-0.2, -0.15) is 0 Å². The zero-order valence-electron chi connectivity index (χ0n) is 11.0. The molecule has 1 aliphatic heterocycles. The summed E-state index contributed by atoms with van der Waals surface area (Å²) < 4.78 is 0. The highest BCUT2D eigenvalue weighted by Gasteiger charge is 2.21. The molecule has 0 saturated carbocycles. The Morgan fingerprint density at radius 2 is 2.29 bits per heavy atom. The van der Waals surface area contributed by atoms with E-state index in [1.807, 2.05) is 0 Å². The van der Waals surface area contributed by atoms with Gasteiger partial charge in [0.25, 0.3) is 0 Å². The first-order chi connectivity index (χ1) is 8.19. The molecule has 17 heavy (non-hydrogen) atoms. The second-order valence-electron chi connectivity index (χ2n) is 5.54. The van der Waals surface area contributed by atoms with Crippen LogP contribution >= 0.6 is 0 Å². The maximum atomic E-state index is 5.69. The lowest BCUT2D eigenvalue weighted by atomic mass is 9.93. The van der Waals surface area contributed by atoms with Gasteiger partial charge in [0, 0.05) is 6.54 Å². The van der Waals surface area contributed by atoms with Gasteiger partial charge in [0.2, 0.25) is 0 Å². The number of hydrogen-bond acceptors (Lipinski definition) is 2. The monoisotopic (exact) mass is 232 g/mol. The fourth-order valence-corrected chi connectivity index (χ4v) is 2.67. The van der Waals surface area contributed by atoms with Crippen molar-refractivity contribution in [2.75, 3.05) is 26.7 Å². The van der Waals surface area contributed by atoms with E-state index in [0.717, 1.165) is 18.9 Å². The van der Waals surface area contributed by atoms with Crippen molar-refractivity contribution in [2.24, 2.45) is 11.7 Å². The van der Waals surface area contributed by atoms with Crippen molar-refractivity contribution in [1.29, 1.82) is 0 Å². The first kappa shape index (κ1) is 12.6. The smallest absolute Gasteiger partial charge is 0.00477 e. The lowest BCUT2D eigenvalue weighted by Crippen LogP contribution is -2.14. The van der Waals surface area contributed by atoms with Gasteiger partial charge in [-0.25, -0.2) is 0 Å². The van der Waals surface area contributed by atoms with Crippen molar-refractivity contribution in [3.63, 3.8) is 0 Å². The minimum atomic E-state index is 0.580. The molecule has 94 valence electrons. The normalized spacial score (nSPS) is 22.9. The Kier molecular flexibility index (Phi) is 4.19. The van der Waals surface area contributed by atoms with Crippen LogP contribution in [-0.2, 0) is 6.42 Å². The van der Waals surface area contributed by atoms with Gasteiger partial charge in [-0.15, -0.1) is 0 Å². The van der Waals surface area contributed by atoms with Crippen LogP contribution in [0.15, 0.2) is 24.3 Å². The maximum Gasteiger partial charge on any atom is 0.00477 e. The Morgan fingerprint density at radius 1 is 1.47 bits per heavy atom. The van der Waals surface area contributed by atoms with E-state index in [9.17, 15) is 0 Å². The molecule has 1 fully saturated rings. The zero-order chi connectivity index (χ0) is 12.3. The molecule has 2 unspecified atom stereocenters. The number of nitrogens with two attached hydrogens (primary N) is 1. The van der Waals surface area contributed by atoms with Gasteiger partial charge in [0.1, 0.15) is 0 Å². The molecule has 2 N–H and O–H groups in total. The van der Waals surface area contributed by atoms with Crippen LogP contribution in [0.1, 0.15) is 30.4 Å². The van der Waals surface area contributed by atoms with Gasteiger partial charge < -0.3 is 10.6 Å². The van der Waals surface area contributed by atoms with E-state index in [-0.39, 0.29) is 0 Å². The van der Waals surface area contributed by atoms with Crippen LogP contribution in [0, 0.1) is 5.92 Å². The molecular formula is C15H24N2. The molecule has 0 spiro atoms. The third-order valence-electron chi connectivity index (χ3n) is 3.80. The van der Waals surface area contributed by atoms with Gasteiger partial charge in [-0.1, -0.05) is 31.2 Å². The topological polar surface area (TPSA) is 29.3 Å². The molecule has 0 aliphatic carbocycles. The summed E-state index contributed by atoms with van der Waals surface area (Å²) in [6.45, 7) is 5.43. The first-order valence-corrected chi connectivity index (χ1v) is 6.66. The van der Waals surface area contributed by atoms with Crippen molar-refractivity contribution in [1.82, 2.24) is 4.90 Å². The van der Waals surface area contributed by atoms with Crippen LogP contribution in [0.5, 0.6) is 0 Å². The van der Waals surface area contributed by atoms with E-state index in [0.29, 0.717) is 5.92 Å². The Hall–Kier alpha value is -0.860. The Labute approximate surface area is 105 Å². The Morgan fingerprint density at radius 3 is 2.94 bits per heavy atom. The summed E-state index contributed by atoms with van der Waals surface area (Å²) in [4.78, 5) is 2.42. The van der Waals surface area contributed by atoms with Crippen LogP contribution in [0.4, 0.5) is 0 Å². The van der Waals surface area contributed by atoms with Crippen molar-refractivity contribution in [3.8, 4) is 0 Å². The highest BCUT2D eigenvalue weighted by molar-refractivity contribution is 5.27. The van der Waals surface area contributed by atoms with E-state index in [1.165, 1.54) is 30.6 Å². The molecule has 2 rings (SSSR count). The average molecular weight is 232 g/mol. The SMILES string of the molecule is CC(CN)Cc1cccc(C2CCN(C)C2)c1. The molecule has 0 bridgehead atoms. The quantitative estimate of drug-likeness (QED) is 0.862. The predicted molar refractivity (Wildman–Crippen MR) is 73.2 cm³/mol. The molecule has 1 aliphatic rings. The molecule has 1 aromatic rings. The van der Waals surface area contributed by atoms with Crippen molar-refractivity contribution in [3.05, 3.63) is 35.4 Å². The maximum absolute atomic E-state index is 5.69. The predicted octanol–water partition coefficient (Wildman–Crippen LogP) is 2.24. The Bertz CT molecular complexity index is 362. The van der Waals surface area contributed by atoms with E-state index >= 15 is 0 Å². The third-order valence-corrected chi connectivity index (χ3v) is 3.80. The molecule has 1 heterocycles. The summed E-state index contributed by atoms with van der Waals surface area (Å²) in [7, 11) is 2.21. The van der Waals surface area contributed by atoms with Gasteiger partial charge in [0.15, 0.2) is 0 Å². The minimum absolute atomic E-state index is 0.580. The van der Waals surface area contributed by atoms with Crippen LogP contribution < -0.4 is 5.73 Å². The first-order valence-electron chi connectivity index (χ1n) is 6.66. The number of benzene rings is 1. The molecule has 1 aromatic carbocycles. The zero-order valence-corrected chi connectivity index (χ0v) is 11.0. The van der Waals surface area contributed by atoms with E-state index < -0.39 is 0 Å². The number of likely N-dealkylation sites (N-methyl/N-ethyl adjacent to an activating group) is 1. The number of hydrogen-bond donors (Lipinski definition) is 1. The van der Waals surface area contributed by atoms with Crippen LogP contribution in [0.3, 0.4) is 0 Å². The summed E-state index contributed by atoms with van der Waals surface area (Å²) in [6, 6.07) is 9.09. The van der Waals surface area contributed by atoms with Gasteiger partial charge in [-0.3, -0.25) is 0 Å². The fraction of sp³-hybridized carbons (Fsp3) is 0.600. The van der Waals surface area contributed by atoms with Crippen LogP contribution in [-0.4, -0.2) is 31.6 Å². The summed E-state index contributed by atoms with van der Waals surface area (Å²) in [5, 5.41) is 0. The van der Waals surface area contributed by atoms with E-state index in [2.05, 4.69) is 43.1 Å². The largest absolute Gasteiger partial charge is 0.330 e. The van der Waals surface area contributed by atoms with Crippen molar-refractivity contribution < 1.29 is 0 Å². The number of likely N-dealkylation sites (tertiary alicyclic amines) is 1. The third kappa shape index (κ3) is 3.30. The van der Waals surface area contributed by atoms with Crippen molar-refractivity contribution >= 4 is 0 Å². The van der Waals surface area contributed by atoms with E-state index in [4.69, 9.17) is 5.73 Å². The summed E-state index contributed by atoms with van der Waals surface area (Å²) >= 11 is 0. The van der Waals surface area contributed by atoms with E-state index in [1.54, 1.807) is 0 Å². The molecule has 0 amide bonds. The van der Waals surface area contributed by atoms with Crippen molar-refractivity contribution in [2.45, 2.75) is 25.7 Å². The fourth-order valence-electron chi connectivity index (χ4n) is 2.67. The molecule has 2 nitrogen and oxygen atoms in total. The van der Waals surface area contributed by atoms with Gasteiger partial charge in [-0.05, 0) is 55.9 Å². The molecular weight excluding hydrogens is 208 g/mol. The second-order valence-corrected chi connectivity index (χ2v) is 5.54. The summed E-state index contributed by atoms with van der Waals surface area (Å²) in [5.41, 5.74) is 8.64. The van der Waals surface area contributed by atoms with Gasteiger partial charge >= 0.3 is 0 Å². The molecule has 2 heteroatoms. The lowest BCUT2D eigenvalue weighted by molar-refractivity contribution is 0.411. The second kappa shape index (κ2) is 5.65. The molecule has 1 saturated heterocycles. The van der Waals surface area contributed by atoms with Crippen LogP contribution in [0.2, 0.25) is 0 Å². The van der Waals surface area contributed by atoms with Gasteiger partial charge in [0.05, 0.1) is 0 Å². The Balaban J connectivity index is 2.06. The summed E-state index contributed by atoms with van der Waals surface area (Å²) in [6.07, 6.45) is 2.40. The number of nitrogens with zero attached hydrogens (tertiary/aromatic N) is 1. The summed E-state index contributed by atoms with van der Waals surface area (Å²) in [5.74, 6) is 1.31. The average Bonchev–Trinajstić information content (AvgIpc) is 2.76.